The Bertz CT molecular complexity index is 489. The van der Waals surface area contributed by atoms with Gasteiger partial charge in [0.15, 0.2) is 0 Å². The molecule has 86 valence electrons. The quantitative estimate of drug-likeness (QED) is 0.908. The van der Waals surface area contributed by atoms with E-state index in [1.807, 2.05) is 30.9 Å². The van der Waals surface area contributed by atoms with Gasteiger partial charge in [-0.05, 0) is 26.0 Å². The van der Waals surface area contributed by atoms with Gasteiger partial charge in [0.2, 0.25) is 0 Å². The van der Waals surface area contributed by atoms with E-state index >= 15 is 0 Å². The Morgan fingerprint density at radius 2 is 2.25 bits per heavy atom. The molecule has 0 aliphatic carbocycles. The first-order valence-electron chi connectivity index (χ1n) is 5.08. The zero-order chi connectivity index (χ0) is 11.7. The van der Waals surface area contributed by atoms with Crippen LogP contribution in [0.4, 0.5) is 5.69 Å². The van der Waals surface area contributed by atoms with E-state index in [1.165, 1.54) is 4.88 Å². The third kappa shape index (κ3) is 2.39. The summed E-state index contributed by atoms with van der Waals surface area (Å²) >= 11 is 7.52. The summed E-state index contributed by atoms with van der Waals surface area (Å²) in [5.74, 6) is 0. The monoisotopic (exact) mass is 255 g/mol. The van der Waals surface area contributed by atoms with E-state index in [0.717, 1.165) is 15.7 Å². The van der Waals surface area contributed by atoms with E-state index in [1.54, 1.807) is 11.3 Å². The van der Waals surface area contributed by atoms with Crippen LogP contribution in [0.3, 0.4) is 0 Å². The van der Waals surface area contributed by atoms with Crippen molar-refractivity contribution >= 4 is 28.6 Å². The van der Waals surface area contributed by atoms with Crippen molar-refractivity contribution in [1.82, 2.24) is 9.78 Å². The molecule has 0 radical (unpaired) electrons. The number of halogens is 1. The molecule has 1 N–H and O–H groups in total. The summed E-state index contributed by atoms with van der Waals surface area (Å²) in [6.07, 6.45) is 1.99. The summed E-state index contributed by atoms with van der Waals surface area (Å²) in [7, 11) is 1.92. The molecule has 0 saturated carbocycles. The molecule has 2 aromatic rings. The first-order chi connectivity index (χ1) is 7.56. The number of hydrogen-bond acceptors (Lipinski definition) is 3. The van der Waals surface area contributed by atoms with Crippen LogP contribution in [0.25, 0.3) is 0 Å². The van der Waals surface area contributed by atoms with Gasteiger partial charge in [-0.15, -0.1) is 11.3 Å². The lowest BCUT2D eigenvalue weighted by Crippen LogP contribution is -2.04. The van der Waals surface area contributed by atoms with Gasteiger partial charge < -0.3 is 5.32 Å². The summed E-state index contributed by atoms with van der Waals surface area (Å²) in [5, 5.41) is 7.72. The fourth-order valence-electron chi connectivity index (χ4n) is 1.61. The Morgan fingerprint density at radius 3 is 2.75 bits per heavy atom. The van der Waals surface area contributed by atoms with Crippen LogP contribution in [0.1, 0.15) is 23.5 Å². The molecular formula is C11H14ClN3S. The van der Waals surface area contributed by atoms with Crippen LogP contribution in [-0.4, -0.2) is 9.78 Å². The lowest BCUT2D eigenvalue weighted by Gasteiger charge is -2.12. The predicted molar refractivity (Wildman–Crippen MR) is 69.3 cm³/mol. The highest BCUT2D eigenvalue weighted by atomic mass is 35.5. The van der Waals surface area contributed by atoms with Crippen molar-refractivity contribution in [3.05, 3.63) is 33.2 Å². The van der Waals surface area contributed by atoms with Crippen LogP contribution in [0, 0.1) is 6.92 Å². The van der Waals surface area contributed by atoms with Gasteiger partial charge in [-0.3, -0.25) is 4.68 Å². The van der Waals surface area contributed by atoms with E-state index in [4.69, 9.17) is 11.6 Å². The maximum atomic E-state index is 5.92. The van der Waals surface area contributed by atoms with Crippen molar-refractivity contribution in [1.29, 1.82) is 0 Å². The van der Waals surface area contributed by atoms with E-state index in [2.05, 4.69) is 23.4 Å². The molecule has 0 bridgehead atoms. The molecule has 0 aliphatic rings. The summed E-state index contributed by atoms with van der Waals surface area (Å²) in [6.45, 7) is 4.12. The van der Waals surface area contributed by atoms with Crippen molar-refractivity contribution in [2.24, 2.45) is 7.05 Å². The molecule has 0 aliphatic heterocycles. The molecule has 1 unspecified atom stereocenters. The Balaban J connectivity index is 2.13. The van der Waals surface area contributed by atoms with Crippen molar-refractivity contribution in [2.75, 3.05) is 5.32 Å². The minimum atomic E-state index is 0.250. The van der Waals surface area contributed by atoms with Gasteiger partial charge in [0, 0.05) is 18.1 Å². The molecule has 2 rings (SSSR count). The smallest absolute Gasteiger partial charge is 0.0932 e. The lowest BCUT2D eigenvalue weighted by molar-refractivity contribution is 0.756. The van der Waals surface area contributed by atoms with Crippen LogP contribution >= 0.6 is 22.9 Å². The van der Waals surface area contributed by atoms with Crippen LogP contribution in [0.5, 0.6) is 0 Å². The number of nitrogens with one attached hydrogen (secondary N) is 1. The number of aryl methyl sites for hydroxylation is 2. The summed E-state index contributed by atoms with van der Waals surface area (Å²) < 4.78 is 2.64. The Kier molecular flexibility index (Phi) is 3.21. The van der Waals surface area contributed by atoms with Gasteiger partial charge in [0.25, 0.3) is 0 Å². The van der Waals surface area contributed by atoms with Gasteiger partial charge in [-0.1, -0.05) is 11.6 Å². The molecule has 2 heterocycles. The standard InChI is InChI=1S/C11H14ClN3S/c1-7-9(6-15(3)14-7)13-8(2)10-4-5-11(12)16-10/h4-6,8,13H,1-3H3. The van der Waals surface area contributed by atoms with Crippen LogP contribution in [0.15, 0.2) is 18.3 Å². The fraction of sp³-hybridized carbons (Fsp3) is 0.364. The highest BCUT2D eigenvalue weighted by Crippen LogP contribution is 2.29. The minimum Gasteiger partial charge on any atom is -0.375 e. The van der Waals surface area contributed by atoms with Crippen LogP contribution in [-0.2, 0) is 7.05 Å². The third-order valence-corrected chi connectivity index (χ3v) is 3.82. The molecule has 0 fully saturated rings. The predicted octanol–water partition coefficient (Wildman–Crippen LogP) is 3.62. The van der Waals surface area contributed by atoms with Crippen molar-refractivity contribution < 1.29 is 0 Å². The molecule has 0 amide bonds. The van der Waals surface area contributed by atoms with Crippen molar-refractivity contribution in [3.63, 3.8) is 0 Å². The average Bonchev–Trinajstić information content (AvgIpc) is 2.74. The second-order valence-electron chi connectivity index (χ2n) is 3.81. The second kappa shape index (κ2) is 4.47. The van der Waals surface area contributed by atoms with E-state index in [0.29, 0.717) is 0 Å². The molecule has 1 atom stereocenters. The molecule has 5 heteroatoms. The number of hydrogen-bond donors (Lipinski definition) is 1. The van der Waals surface area contributed by atoms with Gasteiger partial charge in [-0.2, -0.15) is 5.10 Å². The molecule has 0 saturated heterocycles. The van der Waals surface area contributed by atoms with Gasteiger partial charge >= 0.3 is 0 Å². The molecule has 3 nitrogen and oxygen atoms in total. The van der Waals surface area contributed by atoms with Crippen molar-refractivity contribution in [3.8, 4) is 0 Å². The summed E-state index contributed by atoms with van der Waals surface area (Å²) in [5.41, 5.74) is 2.08. The Labute approximate surface area is 104 Å². The van der Waals surface area contributed by atoms with E-state index < -0.39 is 0 Å². The second-order valence-corrected chi connectivity index (χ2v) is 5.56. The number of thiophene rings is 1. The average molecular weight is 256 g/mol. The molecule has 2 aromatic heterocycles. The number of rotatable bonds is 3. The topological polar surface area (TPSA) is 29.9 Å². The van der Waals surface area contributed by atoms with Crippen LogP contribution < -0.4 is 5.32 Å². The number of anilines is 1. The maximum absolute atomic E-state index is 5.92. The van der Waals surface area contributed by atoms with E-state index in [-0.39, 0.29) is 6.04 Å². The summed E-state index contributed by atoms with van der Waals surface area (Å²) in [6, 6.07) is 4.23. The minimum absolute atomic E-state index is 0.250. The van der Waals surface area contributed by atoms with Crippen molar-refractivity contribution in [2.45, 2.75) is 19.9 Å². The molecule has 0 spiro atoms. The number of aromatic nitrogens is 2. The maximum Gasteiger partial charge on any atom is 0.0932 e. The molecule has 16 heavy (non-hydrogen) atoms. The first kappa shape index (κ1) is 11.5. The SMILES string of the molecule is Cc1nn(C)cc1NC(C)c1ccc(Cl)s1. The van der Waals surface area contributed by atoms with E-state index in [9.17, 15) is 0 Å². The highest BCUT2D eigenvalue weighted by Gasteiger charge is 2.10. The lowest BCUT2D eigenvalue weighted by atomic mass is 10.2. The fourth-order valence-corrected chi connectivity index (χ4v) is 2.67. The van der Waals surface area contributed by atoms with Crippen LogP contribution in [0.2, 0.25) is 4.34 Å². The van der Waals surface area contributed by atoms with Gasteiger partial charge in [-0.25, -0.2) is 0 Å². The third-order valence-electron chi connectivity index (χ3n) is 2.41. The first-order valence-corrected chi connectivity index (χ1v) is 6.27. The largest absolute Gasteiger partial charge is 0.375 e. The molecular weight excluding hydrogens is 242 g/mol. The highest BCUT2D eigenvalue weighted by molar-refractivity contribution is 7.16. The van der Waals surface area contributed by atoms with Gasteiger partial charge in [0.05, 0.1) is 21.8 Å². The molecule has 0 aromatic carbocycles. The number of nitrogens with zero attached hydrogens (tertiary/aromatic N) is 2. The zero-order valence-electron chi connectivity index (χ0n) is 9.49. The summed E-state index contributed by atoms with van der Waals surface area (Å²) in [4.78, 5) is 1.23. The van der Waals surface area contributed by atoms with Gasteiger partial charge in [0.1, 0.15) is 0 Å². The Morgan fingerprint density at radius 1 is 1.50 bits per heavy atom. The zero-order valence-corrected chi connectivity index (χ0v) is 11.1. The normalized spacial score (nSPS) is 12.8. The Hall–Kier alpha value is -1.000.